The Hall–Kier alpha value is -0.450. The monoisotopic (exact) mass is 309 g/mol. The summed E-state index contributed by atoms with van der Waals surface area (Å²) in [7, 11) is 0. The number of nitrogens with zero attached hydrogens (tertiary/aromatic N) is 2. The van der Waals surface area contributed by atoms with Crippen molar-refractivity contribution in [1.82, 2.24) is 15.2 Å². The van der Waals surface area contributed by atoms with Crippen LogP contribution in [0.15, 0.2) is 22.8 Å². The van der Waals surface area contributed by atoms with Gasteiger partial charge in [-0.3, -0.25) is 9.88 Å². The van der Waals surface area contributed by atoms with E-state index in [0.29, 0.717) is 6.04 Å². The lowest BCUT2D eigenvalue weighted by molar-refractivity contribution is 0.0808. The second-order valence-electron chi connectivity index (χ2n) is 5.32. The lowest BCUT2D eigenvalue weighted by atomic mass is 9.77. The van der Waals surface area contributed by atoms with Crippen molar-refractivity contribution in [2.75, 3.05) is 26.2 Å². The normalized spacial score (nSPS) is 23.6. The van der Waals surface area contributed by atoms with Crippen LogP contribution in [0.25, 0.3) is 0 Å². The molecule has 2 fully saturated rings. The third-order valence-corrected chi connectivity index (χ3v) is 4.66. The first kappa shape index (κ1) is 12.6. The number of aromatic nitrogens is 1. The minimum Gasteiger partial charge on any atom is -0.314 e. The van der Waals surface area contributed by atoms with Crippen LogP contribution in [0.3, 0.4) is 0 Å². The van der Waals surface area contributed by atoms with Crippen LogP contribution >= 0.6 is 15.9 Å². The third kappa shape index (κ3) is 2.60. The molecule has 2 heterocycles. The molecule has 1 aliphatic heterocycles. The van der Waals surface area contributed by atoms with Gasteiger partial charge in [-0.15, -0.1) is 0 Å². The van der Waals surface area contributed by atoms with Crippen molar-refractivity contribution >= 4 is 15.9 Å². The molecule has 0 spiro atoms. The molecule has 0 amide bonds. The van der Waals surface area contributed by atoms with Crippen LogP contribution < -0.4 is 5.32 Å². The van der Waals surface area contributed by atoms with Crippen molar-refractivity contribution in [1.29, 1.82) is 0 Å². The van der Waals surface area contributed by atoms with Crippen molar-refractivity contribution in [3.05, 3.63) is 28.5 Å². The molecule has 3 nitrogen and oxygen atoms in total. The van der Waals surface area contributed by atoms with Gasteiger partial charge in [0, 0.05) is 36.8 Å². The zero-order valence-electron chi connectivity index (χ0n) is 10.6. The topological polar surface area (TPSA) is 28.2 Å². The molecule has 4 heteroatoms. The lowest BCUT2D eigenvalue weighted by Crippen LogP contribution is -2.48. The number of piperazine rings is 1. The highest BCUT2D eigenvalue weighted by Gasteiger charge is 2.34. The number of hydrogen-bond donors (Lipinski definition) is 1. The summed E-state index contributed by atoms with van der Waals surface area (Å²) < 4.78 is 1.07. The summed E-state index contributed by atoms with van der Waals surface area (Å²) in [6, 6.07) is 4.85. The molecule has 1 aliphatic carbocycles. The maximum Gasteiger partial charge on any atom is 0.0579 e. The number of pyridine rings is 1. The first-order valence-corrected chi connectivity index (χ1v) is 7.70. The van der Waals surface area contributed by atoms with Gasteiger partial charge in [0.25, 0.3) is 0 Å². The summed E-state index contributed by atoms with van der Waals surface area (Å²) >= 11 is 3.47. The van der Waals surface area contributed by atoms with E-state index in [1.54, 1.807) is 0 Å². The Balaban J connectivity index is 1.81. The highest BCUT2D eigenvalue weighted by molar-refractivity contribution is 9.10. The van der Waals surface area contributed by atoms with E-state index < -0.39 is 0 Å². The summed E-state index contributed by atoms with van der Waals surface area (Å²) in [6.45, 7) is 4.53. The molecule has 2 aliphatic rings. The lowest BCUT2D eigenvalue weighted by Gasteiger charge is -2.42. The Morgan fingerprint density at radius 1 is 1.28 bits per heavy atom. The summed E-state index contributed by atoms with van der Waals surface area (Å²) in [6.07, 6.45) is 6.06. The van der Waals surface area contributed by atoms with E-state index in [1.807, 2.05) is 6.20 Å². The Labute approximate surface area is 117 Å². The molecule has 1 saturated carbocycles. The van der Waals surface area contributed by atoms with Crippen LogP contribution in [0.4, 0.5) is 0 Å². The quantitative estimate of drug-likeness (QED) is 0.930. The maximum atomic E-state index is 4.65. The second kappa shape index (κ2) is 5.68. The Morgan fingerprint density at radius 2 is 2.06 bits per heavy atom. The van der Waals surface area contributed by atoms with Gasteiger partial charge in [-0.25, -0.2) is 0 Å². The van der Waals surface area contributed by atoms with E-state index in [4.69, 9.17) is 0 Å². The van der Waals surface area contributed by atoms with Crippen molar-refractivity contribution < 1.29 is 0 Å². The molecule has 1 aromatic heterocycles. The molecule has 1 N–H and O–H groups in total. The van der Waals surface area contributed by atoms with Crippen LogP contribution in [0.2, 0.25) is 0 Å². The van der Waals surface area contributed by atoms with Crippen molar-refractivity contribution in [2.24, 2.45) is 5.92 Å². The Kier molecular flexibility index (Phi) is 3.97. The number of rotatable bonds is 3. The molecule has 3 rings (SSSR count). The van der Waals surface area contributed by atoms with Gasteiger partial charge in [-0.05, 0) is 46.8 Å². The molecule has 1 saturated heterocycles. The largest absolute Gasteiger partial charge is 0.314 e. The highest BCUT2D eigenvalue weighted by Crippen LogP contribution is 2.40. The van der Waals surface area contributed by atoms with Crippen LogP contribution in [-0.4, -0.2) is 36.1 Å². The number of nitrogens with one attached hydrogen (secondary N) is 1. The van der Waals surface area contributed by atoms with E-state index in [0.717, 1.165) is 36.6 Å². The second-order valence-corrected chi connectivity index (χ2v) is 6.24. The van der Waals surface area contributed by atoms with Crippen molar-refractivity contribution in [2.45, 2.75) is 25.3 Å². The third-order valence-electron chi connectivity index (χ3n) is 4.19. The van der Waals surface area contributed by atoms with Crippen molar-refractivity contribution in [3.8, 4) is 0 Å². The molecule has 1 aromatic rings. The standard InChI is InChI=1S/C14H20BrN3/c15-12-4-5-13(17-10-12)14(11-2-1-3-11)18-8-6-16-7-9-18/h4-5,10-11,14,16H,1-3,6-9H2/t14-/m0/s1. The molecule has 1 atom stereocenters. The van der Waals surface area contributed by atoms with Gasteiger partial charge >= 0.3 is 0 Å². The van der Waals surface area contributed by atoms with Gasteiger partial charge in [0.05, 0.1) is 11.7 Å². The first-order valence-electron chi connectivity index (χ1n) is 6.91. The molecule has 0 bridgehead atoms. The summed E-state index contributed by atoms with van der Waals surface area (Å²) in [5.41, 5.74) is 1.25. The predicted molar refractivity (Wildman–Crippen MR) is 76.5 cm³/mol. The highest BCUT2D eigenvalue weighted by atomic mass is 79.9. The summed E-state index contributed by atoms with van der Waals surface area (Å²) in [5.74, 6) is 0.816. The van der Waals surface area contributed by atoms with Crippen LogP contribution in [0, 0.1) is 5.92 Å². The van der Waals surface area contributed by atoms with E-state index in [2.05, 4.69) is 43.3 Å². The molecule has 18 heavy (non-hydrogen) atoms. The number of halogens is 1. The van der Waals surface area contributed by atoms with E-state index in [1.165, 1.54) is 25.0 Å². The molecular weight excluding hydrogens is 290 g/mol. The van der Waals surface area contributed by atoms with Gasteiger partial charge in [0.1, 0.15) is 0 Å². The zero-order valence-corrected chi connectivity index (χ0v) is 12.2. The van der Waals surface area contributed by atoms with Gasteiger partial charge < -0.3 is 5.32 Å². The van der Waals surface area contributed by atoms with Crippen LogP contribution in [0.5, 0.6) is 0 Å². The van der Waals surface area contributed by atoms with Gasteiger partial charge in [0.2, 0.25) is 0 Å². The van der Waals surface area contributed by atoms with Crippen LogP contribution in [-0.2, 0) is 0 Å². The van der Waals surface area contributed by atoms with Crippen molar-refractivity contribution in [3.63, 3.8) is 0 Å². The fourth-order valence-electron chi connectivity index (χ4n) is 3.00. The minimum absolute atomic E-state index is 0.536. The van der Waals surface area contributed by atoms with Gasteiger partial charge in [-0.2, -0.15) is 0 Å². The Morgan fingerprint density at radius 3 is 2.61 bits per heavy atom. The SMILES string of the molecule is Brc1ccc([C@H](C2CCC2)N2CCNCC2)nc1. The fraction of sp³-hybridized carbons (Fsp3) is 0.643. The molecule has 98 valence electrons. The first-order chi connectivity index (χ1) is 8.84. The zero-order chi connectivity index (χ0) is 12.4. The smallest absolute Gasteiger partial charge is 0.0579 e. The maximum absolute atomic E-state index is 4.65. The van der Waals surface area contributed by atoms with Gasteiger partial charge in [0.15, 0.2) is 0 Å². The molecule has 0 radical (unpaired) electrons. The van der Waals surface area contributed by atoms with E-state index >= 15 is 0 Å². The Bertz CT molecular complexity index is 383. The molecular formula is C14H20BrN3. The molecule has 0 aromatic carbocycles. The number of hydrogen-bond acceptors (Lipinski definition) is 3. The van der Waals surface area contributed by atoms with E-state index in [9.17, 15) is 0 Å². The average molecular weight is 310 g/mol. The van der Waals surface area contributed by atoms with Crippen LogP contribution in [0.1, 0.15) is 31.0 Å². The summed E-state index contributed by atoms with van der Waals surface area (Å²) in [5, 5.41) is 3.44. The van der Waals surface area contributed by atoms with Gasteiger partial charge in [-0.1, -0.05) is 6.42 Å². The minimum atomic E-state index is 0.536. The molecule has 0 unspecified atom stereocenters. The fourth-order valence-corrected chi connectivity index (χ4v) is 3.24. The predicted octanol–water partition coefficient (Wildman–Crippen LogP) is 2.59. The van der Waals surface area contributed by atoms with E-state index in [-0.39, 0.29) is 0 Å². The summed E-state index contributed by atoms with van der Waals surface area (Å²) in [4.78, 5) is 7.27. The average Bonchev–Trinajstić information content (AvgIpc) is 2.36.